The number of anilines is 2. The fourth-order valence-corrected chi connectivity index (χ4v) is 3.83. The smallest absolute Gasteiger partial charge is 0.165 e. The first-order valence-electron chi connectivity index (χ1n) is 8.73. The molecule has 1 aromatic carbocycles. The average Bonchev–Trinajstić information content (AvgIpc) is 3.29. The largest absolute Gasteiger partial charge is 0.382 e. The molecule has 0 radical (unpaired) electrons. The Hall–Kier alpha value is -3.29. The summed E-state index contributed by atoms with van der Waals surface area (Å²) < 4.78 is 29.6. The van der Waals surface area contributed by atoms with E-state index in [1.54, 1.807) is 16.9 Å². The van der Waals surface area contributed by atoms with Crippen molar-refractivity contribution in [2.45, 2.75) is 18.9 Å². The molecule has 0 aliphatic carbocycles. The van der Waals surface area contributed by atoms with Crippen molar-refractivity contribution in [2.24, 2.45) is 0 Å². The van der Waals surface area contributed by atoms with Crippen molar-refractivity contribution < 1.29 is 8.78 Å². The predicted octanol–water partition coefficient (Wildman–Crippen LogP) is 3.48. The lowest BCUT2D eigenvalue weighted by atomic mass is 10.0. The van der Waals surface area contributed by atoms with E-state index in [0.29, 0.717) is 28.4 Å². The van der Waals surface area contributed by atoms with Crippen molar-refractivity contribution in [3.63, 3.8) is 0 Å². The molecule has 3 aromatic heterocycles. The number of aromatic nitrogens is 4. The number of hydrogen-bond donors (Lipinski definition) is 1. The maximum absolute atomic E-state index is 14.3. The van der Waals surface area contributed by atoms with Gasteiger partial charge in [-0.1, -0.05) is 0 Å². The molecule has 1 atom stereocenters. The fourth-order valence-electron chi connectivity index (χ4n) is 3.83. The molecule has 1 saturated heterocycles. The van der Waals surface area contributed by atoms with Gasteiger partial charge in [-0.2, -0.15) is 5.10 Å². The summed E-state index contributed by atoms with van der Waals surface area (Å²) in [7, 11) is 0. The number of nitrogens with two attached hydrogens (primary N) is 1. The molecule has 27 heavy (non-hydrogen) atoms. The van der Waals surface area contributed by atoms with Crippen molar-refractivity contribution in [2.75, 3.05) is 17.2 Å². The summed E-state index contributed by atoms with van der Waals surface area (Å²) in [5, 5.41) is 5.23. The van der Waals surface area contributed by atoms with Crippen LogP contribution in [-0.2, 0) is 0 Å². The summed E-state index contributed by atoms with van der Waals surface area (Å²) in [5.41, 5.74) is 7.52. The van der Waals surface area contributed by atoms with Gasteiger partial charge in [0.15, 0.2) is 11.5 Å². The van der Waals surface area contributed by atoms with Crippen molar-refractivity contribution in [1.82, 2.24) is 19.6 Å². The van der Waals surface area contributed by atoms with E-state index in [-0.39, 0.29) is 6.04 Å². The Kier molecular flexibility index (Phi) is 3.46. The Morgan fingerprint density at radius 2 is 2.04 bits per heavy atom. The molecule has 5 rings (SSSR count). The quantitative estimate of drug-likeness (QED) is 0.588. The van der Waals surface area contributed by atoms with Gasteiger partial charge in [0.2, 0.25) is 0 Å². The molecule has 0 bridgehead atoms. The highest BCUT2D eigenvalue weighted by molar-refractivity contribution is 5.97. The van der Waals surface area contributed by atoms with E-state index in [1.165, 1.54) is 12.1 Å². The van der Waals surface area contributed by atoms with Crippen LogP contribution >= 0.6 is 0 Å². The molecule has 1 aliphatic heterocycles. The molecule has 4 aromatic rings. The summed E-state index contributed by atoms with van der Waals surface area (Å²) >= 11 is 0. The number of nitrogen functional groups attached to an aromatic ring is 1. The normalized spacial score (nSPS) is 17.3. The van der Waals surface area contributed by atoms with Gasteiger partial charge in [0.25, 0.3) is 0 Å². The lowest BCUT2D eigenvalue weighted by molar-refractivity contribution is 0.560. The number of pyridine rings is 1. The van der Waals surface area contributed by atoms with Gasteiger partial charge in [0.1, 0.15) is 23.0 Å². The lowest BCUT2D eigenvalue weighted by Crippen LogP contribution is -2.24. The molecule has 0 spiro atoms. The van der Waals surface area contributed by atoms with Gasteiger partial charge in [-0.25, -0.2) is 23.3 Å². The number of rotatable bonds is 2. The zero-order valence-corrected chi connectivity index (χ0v) is 14.3. The van der Waals surface area contributed by atoms with Gasteiger partial charge in [-0.3, -0.25) is 0 Å². The maximum atomic E-state index is 14.3. The Morgan fingerprint density at radius 1 is 1.15 bits per heavy atom. The van der Waals surface area contributed by atoms with Crippen LogP contribution in [0.2, 0.25) is 0 Å². The zero-order chi connectivity index (χ0) is 18.5. The molecule has 2 N–H and O–H groups in total. The fraction of sp³-hybridized carbons (Fsp3) is 0.211. The van der Waals surface area contributed by atoms with Crippen LogP contribution in [0, 0.1) is 11.6 Å². The number of fused-ring (bicyclic) bond motifs is 3. The van der Waals surface area contributed by atoms with Crippen LogP contribution in [0.3, 0.4) is 0 Å². The van der Waals surface area contributed by atoms with Gasteiger partial charge in [-0.05, 0) is 43.2 Å². The molecule has 0 amide bonds. The first-order valence-corrected chi connectivity index (χ1v) is 8.73. The zero-order valence-electron chi connectivity index (χ0n) is 14.3. The number of nitrogens with zero attached hydrogens (tertiary/aromatic N) is 5. The molecule has 1 aliphatic rings. The third-order valence-corrected chi connectivity index (χ3v) is 5.07. The summed E-state index contributed by atoms with van der Waals surface area (Å²) in [6.07, 6.45) is 5.04. The van der Waals surface area contributed by atoms with Gasteiger partial charge in [-0.15, -0.1) is 0 Å². The topological polar surface area (TPSA) is 72.3 Å². The minimum atomic E-state index is -0.438. The van der Waals surface area contributed by atoms with Gasteiger partial charge in [0, 0.05) is 24.5 Å². The number of hydrogen-bond acceptors (Lipinski definition) is 5. The van der Waals surface area contributed by atoms with Crippen LogP contribution in [0.1, 0.15) is 24.4 Å². The Balaban J connectivity index is 1.62. The molecule has 4 heterocycles. The number of halogens is 2. The van der Waals surface area contributed by atoms with E-state index < -0.39 is 11.6 Å². The molecule has 0 saturated carbocycles. The Labute approximate surface area is 153 Å². The highest BCUT2D eigenvalue weighted by Crippen LogP contribution is 2.37. The highest BCUT2D eigenvalue weighted by atomic mass is 19.1. The molecular weight excluding hydrogens is 350 g/mol. The van der Waals surface area contributed by atoms with Gasteiger partial charge >= 0.3 is 0 Å². The second-order valence-corrected chi connectivity index (χ2v) is 6.66. The highest BCUT2D eigenvalue weighted by Gasteiger charge is 2.30. The van der Waals surface area contributed by atoms with Crippen LogP contribution in [0.5, 0.6) is 0 Å². The van der Waals surface area contributed by atoms with Crippen LogP contribution in [0.15, 0.2) is 42.7 Å². The second-order valence-electron chi connectivity index (χ2n) is 6.66. The predicted molar refractivity (Wildman–Crippen MR) is 98.4 cm³/mol. The van der Waals surface area contributed by atoms with Crippen LogP contribution in [-0.4, -0.2) is 26.1 Å². The Bertz CT molecular complexity index is 1170. The van der Waals surface area contributed by atoms with Crippen LogP contribution in [0.25, 0.3) is 16.6 Å². The molecule has 136 valence electrons. The van der Waals surface area contributed by atoms with E-state index in [0.717, 1.165) is 30.8 Å². The maximum Gasteiger partial charge on any atom is 0.165 e. The third kappa shape index (κ3) is 2.48. The first-order chi connectivity index (χ1) is 13.1. The molecule has 6 nitrogen and oxygen atoms in total. The summed E-state index contributed by atoms with van der Waals surface area (Å²) in [4.78, 5) is 10.8. The van der Waals surface area contributed by atoms with Gasteiger partial charge < -0.3 is 10.6 Å². The molecule has 1 fully saturated rings. The molecular formula is C19H16F2N6. The van der Waals surface area contributed by atoms with Crippen molar-refractivity contribution in [1.29, 1.82) is 0 Å². The van der Waals surface area contributed by atoms with E-state index in [9.17, 15) is 8.78 Å². The number of benzene rings is 1. The summed E-state index contributed by atoms with van der Waals surface area (Å²) in [6.45, 7) is 0.722. The minimum Gasteiger partial charge on any atom is -0.382 e. The monoisotopic (exact) mass is 366 g/mol. The van der Waals surface area contributed by atoms with E-state index in [2.05, 4.69) is 10.1 Å². The first kappa shape index (κ1) is 15.9. The Morgan fingerprint density at radius 3 is 2.93 bits per heavy atom. The summed E-state index contributed by atoms with van der Waals surface area (Å²) in [5.74, 6) is 0.209. The molecule has 0 unspecified atom stereocenters. The standard InChI is InChI=1S/C19H16F2N6/c20-11-3-4-14(21)13(10-11)15-2-1-8-26(15)16-6-9-27-19(24-16)12-5-7-23-18(22)17(12)25-27/h3-7,9-10,15H,1-2,8H2,(H2,22,23)/t15-/m1/s1. The van der Waals surface area contributed by atoms with Crippen LogP contribution in [0.4, 0.5) is 20.4 Å². The van der Waals surface area contributed by atoms with Crippen molar-refractivity contribution >= 4 is 28.2 Å². The van der Waals surface area contributed by atoms with E-state index in [4.69, 9.17) is 10.7 Å². The average molecular weight is 366 g/mol. The summed E-state index contributed by atoms with van der Waals surface area (Å²) in [6, 6.07) is 6.99. The van der Waals surface area contributed by atoms with Crippen LogP contribution < -0.4 is 10.6 Å². The van der Waals surface area contributed by atoms with Crippen molar-refractivity contribution in [3.8, 4) is 0 Å². The second kappa shape index (κ2) is 5.87. The minimum absolute atomic E-state index is 0.253. The van der Waals surface area contributed by atoms with Gasteiger partial charge in [0.05, 0.1) is 11.4 Å². The van der Waals surface area contributed by atoms with Crippen molar-refractivity contribution in [3.05, 3.63) is 59.9 Å². The third-order valence-electron chi connectivity index (χ3n) is 5.07. The SMILES string of the molecule is Nc1nccc2c1nn1ccc(N3CCC[C@@H]3c3cc(F)ccc3F)nc21. The molecule has 8 heteroatoms. The van der Waals surface area contributed by atoms with E-state index in [1.807, 2.05) is 17.0 Å². The lowest BCUT2D eigenvalue weighted by Gasteiger charge is -2.26. The van der Waals surface area contributed by atoms with E-state index >= 15 is 0 Å².